The number of anilines is 1. The molecule has 1 atom stereocenters. The number of aliphatic imine (C=N–C) groups is 1. The largest absolute Gasteiger partial charge is 0.370 e. The molecule has 148 valence electrons. The van der Waals surface area contributed by atoms with E-state index in [0.29, 0.717) is 5.96 Å². The number of guanidine groups is 1. The van der Waals surface area contributed by atoms with Gasteiger partial charge in [0, 0.05) is 37.4 Å². The minimum atomic E-state index is -0.245. The highest BCUT2D eigenvalue weighted by molar-refractivity contribution is 14.0. The lowest BCUT2D eigenvalue weighted by atomic mass is 10.1. The summed E-state index contributed by atoms with van der Waals surface area (Å²) in [5, 5.41) is 9.39. The molecule has 7 heteroatoms. The van der Waals surface area contributed by atoms with E-state index in [-0.39, 0.29) is 48.0 Å². The molecule has 0 saturated heterocycles. The summed E-state index contributed by atoms with van der Waals surface area (Å²) < 4.78 is 0. The first kappa shape index (κ1) is 24.5. The van der Waals surface area contributed by atoms with Crippen LogP contribution in [0.3, 0.4) is 0 Å². The fourth-order valence-corrected chi connectivity index (χ4v) is 2.25. The van der Waals surface area contributed by atoms with Crippen LogP contribution < -0.4 is 20.9 Å². The molecule has 0 bridgehead atoms. The second-order valence-electron chi connectivity index (χ2n) is 7.17. The van der Waals surface area contributed by atoms with E-state index < -0.39 is 0 Å². The Hall–Kier alpha value is -1.51. The lowest BCUT2D eigenvalue weighted by molar-refractivity contribution is -0.121. The molecular weight excluding hydrogens is 441 g/mol. The third-order valence-corrected chi connectivity index (χ3v) is 3.63. The van der Waals surface area contributed by atoms with E-state index in [1.807, 2.05) is 45.9 Å². The zero-order valence-electron chi connectivity index (χ0n) is 16.8. The first-order valence-electron chi connectivity index (χ1n) is 8.84. The highest BCUT2D eigenvalue weighted by atomic mass is 127. The molecule has 0 aliphatic rings. The van der Waals surface area contributed by atoms with Gasteiger partial charge >= 0.3 is 0 Å². The van der Waals surface area contributed by atoms with Crippen LogP contribution in [-0.4, -0.2) is 50.1 Å². The van der Waals surface area contributed by atoms with Gasteiger partial charge in [-0.15, -0.1) is 24.0 Å². The van der Waals surface area contributed by atoms with Gasteiger partial charge in [-0.3, -0.25) is 4.79 Å². The number of amides is 1. The summed E-state index contributed by atoms with van der Waals surface area (Å²) in [5.74, 6) is 0.569. The number of rotatable bonds is 7. The van der Waals surface area contributed by atoms with Crippen molar-refractivity contribution < 1.29 is 4.79 Å². The van der Waals surface area contributed by atoms with Crippen LogP contribution in [0.4, 0.5) is 5.69 Å². The van der Waals surface area contributed by atoms with E-state index in [4.69, 9.17) is 0 Å². The monoisotopic (exact) mass is 475 g/mol. The fraction of sp³-hybridized carbons (Fsp3) is 0.579. The normalized spacial score (nSPS) is 12.6. The standard InChI is InChI=1S/C19H33N5O.HI/c1-7-20-18(22-14-17(25)23-19(3,4)5)21-13-15(2)24(6)16-11-9-8-10-12-16;/h8-12,15H,7,13-14H2,1-6H3,(H,23,25)(H2,20,21,22);1H. The predicted octanol–water partition coefficient (Wildman–Crippen LogP) is 2.60. The zero-order chi connectivity index (χ0) is 18.9. The highest BCUT2D eigenvalue weighted by Crippen LogP contribution is 2.13. The number of likely N-dealkylation sites (N-methyl/N-ethyl adjacent to an activating group) is 1. The SMILES string of the molecule is CCNC(=NCC(=O)NC(C)(C)C)NCC(C)N(C)c1ccccc1.I. The van der Waals surface area contributed by atoms with E-state index in [0.717, 1.165) is 13.1 Å². The number of hydrogen-bond acceptors (Lipinski definition) is 3. The summed E-state index contributed by atoms with van der Waals surface area (Å²) in [6.07, 6.45) is 0. The molecule has 0 aliphatic carbocycles. The summed E-state index contributed by atoms with van der Waals surface area (Å²) in [5.41, 5.74) is 0.925. The number of carbonyl (C=O) groups excluding carboxylic acids is 1. The topological polar surface area (TPSA) is 68.8 Å². The van der Waals surface area contributed by atoms with Crippen LogP contribution in [0.25, 0.3) is 0 Å². The number of para-hydroxylation sites is 1. The van der Waals surface area contributed by atoms with E-state index in [9.17, 15) is 4.79 Å². The number of carbonyl (C=O) groups is 1. The van der Waals surface area contributed by atoms with Crippen molar-refractivity contribution in [1.82, 2.24) is 16.0 Å². The maximum absolute atomic E-state index is 11.9. The molecule has 0 radical (unpaired) electrons. The number of halogens is 1. The molecule has 6 nitrogen and oxygen atoms in total. The summed E-state index contributed by atoms with van der Waals surface area (Å²) in [6.45, 7) is 11.6. The van der Waals surface area contributed by atoms with Crippen molar-refractivity contribution >= 4 is 41.5 Å². The summed E-state index contributed by atoms with van der Waals surface area (Å²) in [6, 6.07) is 10.5. The first-order valence-corrected chi connectivity index (χ1v) is 8.84. The van der Waals surface area contributed by atoms with Crippen LogP contribution >= 0.6 is 24.0 Å². The molecule has 0 fully saturated rings. The lowest BCUT2D eigenvalue weighted by Gasteiger charge is -2.28. The molecule has 1 rings (SSSR count). The van der Waals surface area contributed by atoms with Crippen molar-refractivity contribution in [2.75, 3.05) is 31.6 Å². The van der Waals surface area contributed by atoms with Crippen LogP contribution in [0.15, 0.2) is 35.3 Å². The van der Waals surface area contributed by atoms with Gasteiger partial charge in [0.05, 0.1) is 0 Å². The van der Waals surface area contributed by atoms with Crippen LogP contribution in [0.5, 0.6) is 0 Å². The van der Waals surface area contributed by atoms with E-state index >= 15 is 0 Å². The Morgan fingerprint density at radius 1 is 1.19 bits per heavy atom. The Morgan fingerprint density at radius 2 is 1.81 bits per heavy atom. The quantitative estimate of drug-likeness (QED) is 0.322. The molecule has 1 unspecified atom stereocenters. The van der Waals surface area contributed by atoms with Gasteiger partial charge in [-0.25, -0.2) is 4.99 Å². The van der Waals surface area contributed by atoms with E-state index in [1.165, 1.54) is 5.69 Å². The molecule has 1 amide bonds. The molecule has 0 aliphatic heterocycles. The van der Waals surface area contributed by atoms with Gasteiger partial charge in [-0.05, 0) is 46.8 Å². The second kappa shape index (κ2) is 12.0. The van der Waals surface area contributed by atoms with Crippen molar-refractivity contribution in [2.24, 2.45) is 4.99 Å². The van der Waals surface area contributed by atoms with Crippen molar-refractivity contribution in [3.63, 3.8) is 0 Å². The third-order valence-electron chi connectivity index (χ3n) is 3.63. The minimum Gasteiger partial charge on any atom is -0.370 e. The number of benzene rings is 1. The summed E-state index contributed by atoms with van der Waals surface area (Å²) in [4.78, 5) is 18.5. The van der Waals surface area contributed by atoms with Gasteiger partial charge < -0.3 is 20.9 Å². The van der Waals surface area contributed by atoms with Crippen LogP contribution in [0.1, 0.15) is 34.6 Å². The van der Waals surface area contributed by atoms with Gasteiger partial charge in [0.15, 0.2) is 5.96 Å². The number of nitrogens with one attached hydrogen (secondary N) is 3. The molecule has 0 saturated carbocycles. The average molecular weight is 475 g/mol. The molecule has 1 aromatic carbocycles. The molecule has 3 N–H and O–H groups in total. The third kappa shape index (κ3) is 9.84. The van der Waals surface area contributed by atoms with Gasteiger partial charge in [0.2, 0.25) is 5.91 Å². The maximum atomic E-state index is 11.9. The predicted molar refractivity (Wildman–Crippen MR) is 122 cm³/mol. The highest BCUT2D eigenvalue weighted by Gasteiger charge is 2.14. The Morgan fingerprint density at radius 3 is 2.35 bits per heavy atom. The summed E-state index contributed by atoms with van der Waals surface area (Å²) in [7, 11) is 2.07. The number of nitrogens with zero attached hydrogens (tertiary/aromatic N) is 2. The number of hydrogen-bond donors (Lipinski definition) is 3. The maximum Gasteiger partial charge on any atom is 0.242 e. The Kier molecular flexibility index (Phi) is 11.3. The Labute approximate surface area is 175 Å². The van der Waals surface area contributed by atoms with Gasteiger partial charge in [-0.2, -0.15) is 0 Å². The van der Waals surface area contributed by atoms with Crippen molar-refractivity contribution in [3.05, 3.63) is 30.3 Å². The van der Waals surface area contributed by atoms with Crippen molar-refractivity contribution in [2.45, 2.75) is 46.2 Å². The molecule has 1 aromatic rings. The van der Waals surface area contributed by atoms with Gasteiger partial charge in [-0.1, -0.05) is 18.2 Å². The minimum absolute atomic E-state index is 0. The molecule has 0 aromatic heterocycles. The first-order chi connectivity index (χ1) is 11.7. The van der Waals surface area contributed by atoms with Crippen LogP contribution in [0, 0.1) is 0 Å². The zero-order valence-corrected chi connectivity index (χ0v) is 19.1. The van der Waals surface area contributed by atoms with E-state index in [2.05, 4.69) is 51.9 Å². The van der Waals surface area contributed by atoms with Gasteiger partial charge in [0.25, 0.3) is 0 Å². The second-order valence-corrected chi connectivity index (χ2v) is 7.17. The molecule has 26 heavy (non-hydrogen) atoms. The van der Waals surface area contributed by atoms with Crippen molar-refractivity contribution in [1.29, 1.82) is 0 Å². The fourth-order valence-electron chi connectivity index (χ4n) is 2.25. The smallest absolute Gasteiger partial charge is 0.242 e. The Balaban J connectivity index is 0.00000625. The average Bonchev–Trinajstić information content (AvgIpc) is 2.55. The molecule has 0 spiro atoms. The van der Waals surface area contributed by atoms with Gasteiger partial charge in [0.1, 0.15) is 6.54 Å². The van der Waals surface area contributed by atoms with Crippen LogP contribution in [-0.2, 0) is 4.79 Å². The summed E-state index contributed by atoms with van der Waals surface area (Å²) >= 11 is 0. The lowest BCUT2D eigenvalue weighted by Crippen LogP contribution is -2.46. The van der Waals surface area contributed by atoms with Crippen molar-refractivity contribution in [3.8, 4) is 0 Å². The Bertz CT molecular complexity index is 557. The van der Waals surface area contributed by atoms with Crippen LogP contribution in [0.2, 0.25) is 0 Å². The molecule has 0 heterocycles. The van der Waals surface area contributed by atoms with E-state index in [1.54, 1.807) is 0 Å². The molecular formula is C19H34IN5O.